The van der Waals surface area contributed by atoms with Crippen molar-refractivity contribution in [2.45, 2.75) is 108 Å². The molecule has 0 radical (unpaired) electrons. The number of aliphatic hydroxyl groups is 1. The first-order valence-electron chi connectivity index (χ1n) is 8.96. The molecule has 9 heteroatoms. The van der Waals surface area contributed by atoms with Crippen molar-refractivity contribution < 1.29 is 40.2 Å². The van der Waals surface area contributed by atoms with Gasteiger partial charge in [-0.25, -0.2) is 0 Å². The normalized spacial score (nSPS) is 15.3. The third-order valence-electron chi connectivity index (χ3n) is 4.41. The SMILES string of the molecule is CCCCCCCC(F)(F)C(F)(F)C(F)(F)C(F)(F)CCCC(O)CC. The van der Waals surface area contributed by atoms with Gasteiger partial charge < -0.3 is 5.11 Å². The Labute approximate surface area is 149 Å². The zero-order valence-electron chi connectivity index (χ0n) is 15.1. The van der Waals surface area contributed by atoms with Crippen molar-refractivity contribution in [2.24, 2.45) is 0 Å². The van der Waals surface area contributed by atoms with Crippen LogP contribution in [-0.4, -0.2) is 34.9 Å². The molecule has 0 bridgehead atoms. The summed E-state index contributed by atoms with van der Waals surface area (Å²) < 4.78 is 109. The van der Waals surface area contributed by atoms with Crippen LogP contribution in [0.1, 0.15) is 78.1 Å². The Balaban J connectivity index is 5.00. The minimum absolute atomic E-state index is 0.135. The lowest BCUT2D eigenvalue weighted by molar-refractivity contribution is -0.368. The number of hydrogen-bond donors (Lipinski definition) is 1. The molecule has 0 spiro atoms. The molecule has 1 atom stereocenters. The zero-order valence-corrected chi connectivity index (χ0v) is 15.1. The van der Waals surface area contributed by atoms with E-state index >= 15 is 0 Å². The summed E-state index contributed by atoms with van der Waals surface area (Å²) in [6, 6.07) is 0. The molecule has 1 nitrogen and oxygen atoms in total. The monoisotopic (exact) mass is 400 g/mol. The van der Waals surface area contributed by atoms with E-state index in [0.29, 0.717) is 12.8 Å². The van der Waals surface area contributed by atoms with Gasteiger partial charge in [0, 0.05) is 12.8 Å². The number of rotatable bonds is 14. The van der Waals surface area contributed by atoms with Gasteiger partial charge in [-0.1, -0.05) is 39.5 Å². The number of aliphatic hydroxyl groups excluding tert-OH is 1. The third kappa shape index (κ3) is 6.23. The van der Waals surface area contributed by atoms with Crippen LogP contribution in [0.5, 0.6) is 0 Å². The lowest BCUT2D eigenvalue weighted by atomic mass is 9.92. The average molecular weight is 400 g/mol. The van der Waals surface area contributed by atoms with E-state index in [9.17, 15) is 40.2 Å². The second-order valence-corrected chi connectivity index (χ2v) is 6.68. The quantitative estimate of drug-likeness (QED) is 0.250. The number of unbranched alkanes of at least 4 members (excludes halogenated alkanes) is 4. The first-order valence-corrected chi connectivity index (χ1v) is 8.96. The van der Waals surface area contributed by atoms with E-state index in [0.717, 1.165) is 6.42 Å². The predicted molar refractivity (Wildman–Crippen MR) is 83.3 cm³/mol. The molecule has 0 rings (SSSR count). The van der Waals surface area contributed by atoms with Crippen LogP contribution < -0.4 is 0 Å². The zero-order chi connectivity index (χ0) is 20.6. The fourth-order valence-corrected chi connectivity index (χ4v) is 2.49. The van der Waals surface area contributed by atoms with Crippen LogP contribution in [0.2, 0.25) is 0 Å². The Morgan fingerprint density at radius 2 is 1.08 bits per heavy atom. The van der Waals surface area contributed by atoms with Gasteiger partial charge in [-0.15, -0.1) is 0 Å². The van der Waals surface area contributed by atoms with Crippen molar-refractivity contribution in [2.75, 3.05) is 0 Å². The molecule has 0 fully saturated rings. The van der Waals surface area contributed by atoms with Crippen molar-refractivity contribution in [3.05, 3.63) is 0 Å². The van der Waals surface area contributed by atoms with E-state index in [1.807, 2.05) is 6.92 Å². The molecule has 0 heterocycles. The highest BCUT2D eigenvalue weighted by molar-refractivity contribution is 5.03. The smallest absolute Gasteiger partial charge is 0.378 e. The molecule has 0 amide bonds. The van der Waals surface area contributed by atoms with Crippen LogP contribution in [0.4, 0.5) is 35.1 Å². The summed E-state index contributed by atoms with van der Waals surface area (Å²) in [5.74, 6) is -22.9. The second kappa shape index (κ2) is 10.1. The standard InChI is InChI=1S/C17H28F8O/c1-3-5-6-7-8-11-14(18,19)16(22,23)17(24,25)15(20,21)12-9-10-13(26)4-2/h13,26H,3-12H2,1-2H3. The van der Waals surface area contributed by atoms with Gasteiger partial charge in [-0.3, -0.25) is 0 Å². The molecular weight excluding hydrogens is 372 g/mol. The minimum Gasteiger partial charge on any atom is -0.393 e. The molecule has 0 aromatic carbocycles. The van der Waals surface area contributed by atoms with Gasteiger partial charge in [0.25, 0.3) is 0 Å². The van der Waals surface area contributed by atoms with Crippen LogP contribution >= 0.6 is 0 Å². The maximum Gasteiger partial charge on any atom is 0.378 e. The van der Waals surface area contributed by atoms with Gasteiger partial charge in [-0.05, 0) is 25.7 Å². The largest absolute Gasteiger partial charge is 0.393 e. The van der Waals surface area contributed by atoms with E-state index in [2.05, 4.69) is 0 Å². The summed E-state index contributed by atoms with van der Waals surface area (Å²) in [5, 5.41) is 9.20. The molecule has 0 aromatic rings. The first kappa shape index (κ1) is 25.4. The Kier molecular flexibility index (Phi) is 9.85. The Bertz CT molecular complexity index is 398. The van der Waals surface area contributed by atoms with E-state index in [1.165, 1.54) is 6.92 Å². The second-order valence-electron chi connectivity index (χ2n) is 6.68. The summed E-state index contributed by atoms with van der Waals surface area (Å²) in [5.41, 5.74) is 0. The van der Waals surface area contributed by atoms with Crippen LogP contribution in [0.3, 0.4) is 0 Å². The lowest BCUT2D eigenvalue weighted by Gasteiger charge is -2.37. The molecule has 26 heavy (non-hydrogen) atoms. The van der Waals surface area contributed by atoms with Crippen molar-refractivity contribution in [1.82, 2.24) is 0 Å². The summed E-state index contributed by atoms with van der Waals surface area (Å²) in [6.45, 7) is 3.36. The van der Waals surface area contributed by atoms with Gasteiger partial charge in [-0.2, -0.15) is 35.1 Å². The molecule has 0 aliphatic rings. The van der Waals surface area contributed by atoms with Crippen molar-refractivity contribution in [3.63, 3.8) is 0 Å². The van der Waals surface area contributed by atoms with Crippen LogP contribution in [0.25, 0.3) is 0 Å². The summed E-state index contributed by atoms with van der Waals surface area (Å²) in [6.07, 6.45) is -3.53. The highest BCUT2D eigenvalue weighted by atomic mass is 19.4. The lowest BCUT2D eigenvalue weighted by Crippen LogP contribution is -2.62. The summed E-state index contributed by atoms with van der Waals surface area (Å²) >= 11 is 0. The fraction of sp³-hybridized carbons (Fsp3) is 1.00. The Morgan fingerprint density at radius 3 is 1.50 bits per heavy atom. The Morgan fingerprint density at radius 1 is 0.654 bits per heavy atom. The maximum atomic E-state index is 13.7. The van der Waals surface area contributed by atoms with E-state index in [1.54, 1.807) is 0 Å². The molecule has 1 N–H and O–H groups in total. The molecule has 0 aliphatic heterocycles. The van der Waals surface area contributed by atoms with Gasteiger partial charge in [0.15, 0.2) is 0 Å². The summed E-state index contributed by atoms with van der Waals surface area (Å²) in [4.78, 5) is 0. The number of hydrogen-bond acceptors (Lipinski definition) is 1. The molecular formula is C17H28F8O. The maximum absolute atomic E-state index is 13.7. The molecule has 0 aromatic heterocycles. The molecule has 0 aliphatic carbocycles. The highest BCUT2D eigenvalue weighted by Crippen LogP contribution is 2.55. The van der Waals surface area contributed by atoms with Gasteiger partial charge >= 0.3 is 23.7 Å². The first-order chi connectivity index (χ1) is 11.8. The van der Waals surface area contributed by atoms with Gasteiger partial charge in [0.2, 0.25) is 0 Å². The molecule has 0 saturated heterocycles. The van der Waals surface area contributed by atoms with Crippen LogP contribution in [-0.2, 0) is 0 Å². The van der Waals surface area contributed by atoms with Gasteiger partial charge in [0.1, 0.15) is 0 Å². The minimum atomic E-state index is -6.19. The molecule has 158 valence electrons. The van der Waals surface area contributed by atoms with Crippen LogP contribution in [0, 0.1) is 0 Å². The van der Waals surface area contributed by atoms with E-state index in [-0.39, 0.29) is 19.3 Å². The van der Waals surface area contributed by atoms with E-state index in [4.69, 9.17) is 0 Å². The average Bonchev–Trinajstić information content (AvgIpc) is 2.53. The number of halogens is 8. The topological polar surface area (TPSA) is 20.2 Å². The fourth-order valence-electron chi connectivity index (χ4n) is 2.49. The van der Waals surface area contributed by atoms with Crippen LogP contribution in [0.15, 0.2) is 0 Å². The third-order valence-corrected chi connectivity index (χ3v) is 4.41. The van der Waals surface area contributed by atoms with E-state index < -0.39 is 55.5 Å². The van der Waals surface area contributed by atoms with Crippen molar-refractivity contribution in [1.29, 1.82) is 0 Å². The number of alkyl halides is 8. The summed E-state index contributed by atoms with van der Waals surface area (Å²) in [7, 11) is 0. The highest BCUT2D eigenvalue weighted by Gasteiger charge is 2.79. The van der Waals surface area contributed by atoms with Crippen molar-refractivity contribution >= 4 is 0 Å². The molecule has 1 unspecified atom stereocenters. The predicted octanol–water partition coefficient (Wildman–Crippen LogP) is 6.83. The van der Waals surface area contributed by atoms with Gasteiger partial charge in [0.05, 0.1) is 6.10 Å². The Hall–Kier alpha value is -0.600. The molecule has 0 saturated carbocycles. The van der Waals surface area contributed by atoms with Crippen molar-refractivity contribution in [3.8, 4) is 0 Å².